The lowest BCUT2D eigenvalue weighted by atomic mass is 10.1. The summed E-state index contributed by atoms with van der Waals surface area (Å²) < 4.78 is 12.4. The molecular weight excluding hydrogens is 492 g/mol. The molecule has 0 radical (unpaired) electrons. The molecule has 1 aliphatic heterocycles. The monoisotopic (exact) mass is 520 g/mol. The minimum absolute atomic E-state index is 0.184. The summed E-state index contributed by atoms with van der Waals surface area (Å²) >= 11 is 0. The van der Waals surface area contributed by atoms with Crippen molar-refractivity contribution < 1.29 is 14.3 Å². The number of hydrogen-bond acceptors (Lipinski definition) is 7. The maximum absolute atomic E-state index is 12.7. The van der Waals surface area contributed by atoms with Crippen LogP contribution in [0, 0.1) is 0 Å². The van der Waals surface area contributed by atoms with Gasteiger partial charge in [-0.25, -0.2) is 9.50 Å². The van der Waals surface area contributed by atoms with Crippen LogP contribution < -0.4 is 20.3 Å². The van der Waals surface area contributed by atoms with Crippen LogP contribution in [0.1, 0.15) is 10.4 Å². The number of ether oxygens (including phenoxy) is 2. The molecule has 3 heterocycles. The molecule has 9 heteroatoms. The van der Waals surface area contributed by atoms with Gasteiger partial charge in [0.1, 0.15) is 11.6 Å². The first-order chi connectivity index (χ1) is 19.2. The van der Waals surface area contributed by atoms with Gasteiger partial charge in [0.15, 0.2) is 5.65 Å². The van der Waals surface area contributed by atoms with E-state index in [1.807, 2.05) is 24.4 Å². The van der Waals surface area contributed by atoms with E-state index >= 15 is 0 Å². The molecule has 5 aromatic rings. The minimum Gasteiger partial charge on any atom is -0.497 e. The number of benzene rings is 3. The zero-order valence-electron chi connectivity index (χ0n) is 21.5. The molecule has 0 bridgehead atoms. The number of nitrogens with zero attached hydrogens (tertiary/aromatic N) is 4. The fourth-order valence-corrected chi connectivity index (χ4v) is 4.55. The average Bonchev–Trinajstić information content (AvgIpc) is 3.42. The predicted molar refractivity (Wildman–Crippen MR) is 152 cm³/mol. The molecule has 0 unspecified atom stereocenters. The first kappa shape index (κ1) is 24.4. The van der Waals surface area contributed by atoms with E-state index in [0.29, 0.717) is 11.3 Å². The lowest BCUT2D eigenvalue weighted by Gasteiger charge is -2.28. The zero-order valence-corrected chi connectivity index (χ0v) is 21.5. The van der Waals surface area contributed by atoms with E-state index in [4.69, 9.17) is 14.5 Å². The smallest absolute Gasteiger partial charge is 0.255 e. The Morgan fingerprint density at radius 3 is 2.33 bits per heavy atom. The van der Waals surface area contributed by atoms with Crippen molar-refractivity contribution in [2.75, 3.05) is 48.9 Å². The first-order valence-corrected chi connectivity index (χ1v) is 12.8. The van der Waals surface area contributed by atoms with Crippen molar-refractivity contribution in [3.63, 3.8) is 0 Å². The molecule has 1 saturated heterocycles. The summed E-state index contributed by atoms with van der Waals surface area (Å²) in [6.45, 7) is 3.33. The number of aromatic nitrogens is 3. The second kappa shape index (κ2) is 10.8. The van der Waals surface area contributed by atoms with E-state index in [1.54, 1.807) is 54.2 Å². The number of morpholine rings is 1. The van der Waals surface area contributed by atoms with Gasteiger partial charge in [0.2, 0.25) is 0 Å². The van der Waals surface area contributed by atoms with Crippen LogP contribution in [0.3, 0.4) is 0 Å². The lowest BCUT2D eigenvalue weighted by molar-refractivity contribution is 0.102. The van der Waals surface area contributed by atoms with Crippen LogP contribution in [0.4, 0.5) is 22.9 Å². The summed E-state index contributed by atoms with van der Waals surface area (Å²) in [6.07, 6.45) is 3.67. The van der Waals surface area contributed by atoms with Crippen LogP contribution >= 0.6 is 0 Å². The molecule has 0 spiro atoms. The molecule has 0 saturated carbocycles. The van der Waals surface area contributed by atoms with Gasteiger partial charge < -0.3 is 25.0 Å². The maximum Gasteiger partial charge on any atom is 0.255 e. The number of amides is 1. The van der Waals surface area contributed by atoms with Crippen LogP contribution in [0.25, 0.3) is 16.8 Å². The minimum atomic E-state index is -0.184. The predicted octanol–water partition coefficient (Wildman–Crippen LogP) is 5.24. The van der Waals surface area contributed by atoms with Gasteiger partial charge in [0.05, 0.1) is 26.5 Å². The Labute approximate surface area is 226 Å². The Balaban J connectivity index is 1.16. The summed E-state index contributed by atoms with van der Waals surface area (Å²) in [5.74, 6) is 1.27. The van der Waals surface area contributed by atoms with Crippen molar-refractivity contribution >= 4 is 34.4 Å². The van der Waals surface area contributed by atoms with Gasteiger partial charge >= 0.3 is 0 Å². The highest BCUT2D eigenvalue weighted by Crippen LogP contribution is 2.27. The summed E-state index contributed by atoms with van der Waals surface area (Å²) in [6, 6.07) is 24.9. The SMILES string of the molecule is COc1ccc(NC(=O)c2ccc(-c3cnn4ccc(Nc5ccc(N6CCOCC6)cc5)nc34)cc2)cc1. The Hall–Kier alpha value is -4.89. The fraction of sp³-hybridized carbons (Fsp3) is 0.167. The average molecular weight is 521 g/mol. The fourth-order valence-electron chi connectivity index (χ4n) is 4.55. The van der Waals surface area contributed by atoms with Crippen molar-refractivity contribution in [3.05, 3.63) is 96.8 Å². The Bertz CT molecular complexity index is 1570. The molecule has 39 heavy (non-hydrogen) atoms. The Kier molecular flexibility index (Phi) is 6.80. The molecule has 1 fully saturated rings. The second-order valence-corrected chi connectivity index (χ2v) is 9.17. The highest BCUT2D eigenvalue weighted by Gasteiger charge is 2.13. The van der Waals surface area contributed by atoms with E-state index in [-0.39, 0.29) is 5.91 Å². The van der Waals surface area contributed by atoms with Gasteiger partial charge in [0.25, 0.3) is 5.91 Å². The normalized spacial score (nSPS) is 13.3. The number of carbonyl (C=O) groups excluding carboxylic acids is 1. The Morgan fingerprint density at radius 2 is 1.62 bits per heavy atom. The highest BCUT2D eigenvalue weighted by molar-refractivity contribution is 6.04. The van der Waals surface area contributed by atoms with Crippen LogP contribution in [0.15, 0.2) is 91.3 Å². The van der Waals surface area contributed by atoms with Crippen LogP contribution in [-0.4, -0.2) is 53.9 Å². The number of anilines is 4. The molecule has 9 nitrogen and oxygen atoms in total. The molecule has 2 aromatic heterocycles. The van der Waals surface area contributed by atoms with Crippen LogP contribution in [0.2, 0.25) is 0 Å². The lowest BCUT2D eigenvalue weighted by Crippen LogP contribution is -2.36. The van der Waals surface area contributed by atoms with Gasteiger partial charge in [-0.1, -0.05) is 12.1 Å². The quantitative estimate of drug-likeness (QED) is 0.303. The van der Waals surface area contributed by atoms with Gasteiger partial charge in [-0.3, -0.25) is 4.79 Å². The molecule has 2 N–H and O–H groups in total. The molecule has 196 valence electrons. The molecular formula is C30H28N6O3. The number of fused-ring (bicyclic) bond motifs is 1. The maximum atomic E-state index is 12.7. The van der Waals surface area contributed by atoms with Gasteiger partial charge in [-0.15, -0.1) is 0 Å². The Morgan fingerprint density at radius 1 is 0.897 bits per heavy atom. The standard InChI is InChI=1S/C30H28N6O3/c1-38-26-12-8-24(9-13-26)33-30(37)22-4-2-21(3-5-22)27-20-31-36-15-14-28(34-29(27)36)32-23-6-10-25(11-7-23)35-16-18-39-19-17-35/h2-15,20H,16-19H2,1H3,(H,32,34)(H,33,37). The van der Waals surface area contributed by atoms with E-state index in [9.17, 15) is 4.79 Å². The van der Waals surface area contributed by atoms with E-state index in [0.717, 1.165) is 60.3 Å². The molecule has 0 atom stereocenters. The third-order valence-corrected chi connectivity index (χ3v) is 6.69. The third kappa shape index (κ3) is 5.39. The van der Waals surface area contributed by atoms with Crippen molar-refractivity contribution in [2.24, 2.45) is 0 Å². The molecule has 1 aliphatic rings. The number of nitrogens with one attached hydrogen (secondary N) is 2. The first-order valence-electron chi connectivity index (χ1n) is 12.8. The zero-order chi connectivity index (χ0) is 26.6. The van der Waals surface area contributed by atoms with Gasteiger partial charge in [-0.2, -0.15) is 5.10 Å². The van der Waals surface area contributed by atoms with Crippen LogP contribution in [-0.2, 0) is 4.74 Å². The third-order valence-electron chi connectivity index (χ3n) is 6.69. The van der Waals surface area contributed by atoms with Gasteiger partial charge in [0, 0.05) is 47.5 Å². The molecule has 6 rings (SSSR count). The number of hydrogen-bond donors (Lipinski definition) is 2. The van der Waals surface area contributed by atoms with E-state index in [1.165, 1.54) is 5.69 Å². The second-order valence-electron chi connectivity index (χ2n) is 9.17. The number of carbonyl (C=O) groups is 1. The van der Waals surface area contributed by atoms with E-state index < -0.39 is 0 Å². The van der Waals surface area contributed by atoms with Crippen molar-refractivity contribution in [1.29, 1.82) is 0 Å². The largest absolute Gasteiger partial charge is 0.497 e. The van der Waals surface area contributed by atoms with E-state index in [2.05, 4.69) is 44.9 Å². The number of rotatable bonds is 7. The topological polar surface area (TPSA) is 93.0 Å². The summed E-state index contributed by atoms with van der Waals surface area (Å²) in [5, 5.41) is 10.8. The van der Waals surface area contributed by atoms with Crippen molar-refractivity contribution in [1.82, 2.24) is 14.6 Å². The van der Waals surface area contributed by atoms with Crippen molar-refractivity contribution in [2.45, 2.75) is 0 Å². The highest BCUT2D eigenvalue weighted by atomic mass is 16.5. The van der Waals surface area contributed by atoms with Crippen molar-refractivity contribution in [3.8, 4) is 16.9 Å². The summed E-state index contributed by atoms with van der Waals surface area (Å²) in [4.78, 5) is 19.9. The van der Waals surface area contributed by atoms with Gasteiger partial charge in [-0.05, 0) is 72.3 Å². The summed E-state index contributed by atoms with van der Waals surface area (Å²) in [7, 11) is 1.61. The molecule has 0 aliphatic carbocycles. The van der Waals surface area contributed by atoms with Crippen LogP contribution in [0.5, 0.6) is 5.75 Å². The molecule has 1 amide bonds. The molecule has 3 aromatic carbocycles. The number of methoxy groups -OCH3 is 1. The summed E-state index contributed by atoms with van der Waals surface area (Å²) in [5.41, 5.74) is 5.92.